The van der Waals surface area contributed by atoms with E-state index in [-0.39, 0.29) is 0 Å². The Kier molecular flexibility index (Phi) is 2.08. The number of carbonyl (C=O) groups is 2. The molecule has 1 amide bonds. The molecule has 1 aliphatic heterocycles. The molecule has 0 radical (unpaired) electrons. The van der Waals surface area contributed by atoms with Crippen molar-refractivity contribution in [1.82, 2.24) is 4.90 Å². The van der Waals surface area contributed by atoms with Crippen molar-refractivity contribution >= 4 is 12.4 Å². The molecule has 12 heavy (non-hydrogen) atoms. The van der Waals surface area contributed by atoms with E-state index in [1.54, 1.807) is 0 Å². The predicted molar refractivity (Wildman–Crippen MR) is 42.6 cm³/mol. The Balaban J connectivity index is 2.65. The number of carboxylic acid groups (broad SMARTS) is 1. The first-order valence-corrected chi connectivity index (χ1v) is 3.98. The van der Waals surface area contributed by atoms with E-state index >= 15 is 0 Å². The zero-order valence-corrected chi connectivity index (χ0v) is 7.28. The number of rotatable bonds is 4. The van der Waals surface area contributed by atoms with Crippen LogP contribution in [0, 0.1) is 5.92 Å². The van der Waals surface area contributed by atoms with Gasteiger partial charge in [0.1, 0.15) is 0 Å². The van der Waals surface area contributed by atoms with Crippen LogP contribution in [0.5, 0.6) is 0 Å². The summed E-state index contributed by atoms with van der Waals surface area (Å²) in [6.07, 6.45) is 1.15. The first kappa shape index (κ1) is 9.03. The van der Waals surface area contributed by atoms with Gasteiger partial charge in [0.25, 0.3) is 0 Å². The Morgan fingerprint density at radius 2 is 2.33 bits per heavy atom. The molecule has 0 spiro atoms. The number of carbonyl (C=O) groups excluding carboxylic acids is 1. The summed E-state index contributed by atoms with van der Waals surface area (Å²) in [6, 6.07) is 0. The minimum absolute atomic E-state index is 0.297. The zero-order chi connectivity index (χ0) is 9.35. The van der Waals surface area contributed by atoms with E-state index < -0.39 is 11.5 Å². The van der Waals surface area contributed by atoms with Gasteiger partial charge in [0.15, 0.2) is 5.54 Å². The fourth-order valence-corrected chi connectivity index (χ4v) is 1.52. The van der Waals surface area contributed by atoms with Crippen molar-refractivity contribution in [2.45, 2.75) is 25.8 Å². The van der Waals surface area contributed by atoms with E-state index in [9.17, 15) is 9.59 Å². The molecule has 4 heteroatoms. The quantitative estimate of drug-likeness (QED) is 0.489. The van der Waals surface area contributed by atoms with Gasteiger partial charge in [-0.2, -0.15) is 0 Å². The summed E-state index contributed by atoms with van der Waals surface area (Å²) >= 11 is 0. The zero-order valence-electron chi connectivity index (χ0n) is 7.28. The van der Waals surface area contributed by atoms with Crippen LogP contribution in [0.15, 0.2) is 0 Å². The van der Waals surface area contributed by atoms with Gasteiger partial charge in [-0.3, -0.25) is 4.79 Å². The minimum atomic E-state index is -0.886. The second kappa shape index (κ2) is 2.77. The third-order valence-electron chi connectivity index (χ3n) is 2.15. The van der Waals surface area contributed by atoms with Crippen molar-refractivity contribution < 1.29 is 14.7 Å². The molecule has 1 saturated heterocycles. The lowest BCUT2D eigenvalue weighted by atomic mass is 9.97. The summed E-state index contributed by atoms with van der Waals surface area (Å²) in [5.74, 6) is -0.589. The van der Waals surface area contributed by atoms with Crippen molar-refractivity contribution in [1.29, 1.82) is 0 Å². The fourth-order valence-electron chi connectivity index (χ4n) is 1.52. The van der Waals surface area contributed by atoms with Gasteiger partial charge >= 0.3 is 5.97 Å². The summed E-state index contributed by atoms with van der Waals surface area (Å²) in [4.78, 5) is 22.4. The Labute approximate surface area is 71.2 Å². The second-order valence-electron chi connectivity index (χ2n) is 3.67. The molecule has 1 atom stereocenters. The molecule has 0 aromatic heterocycles. The molecule has 0 bridgehead atoms. The average molecular weight is 171 g/mol. The monoisotopic (exact) mass is 171 g/mol. The van der Waals surface area contributed by atoms with Crippen LogP contribution in [-0.4, -0.2) is 34.5 Å². The Morgan fingerprint density at radius 3 is 2.58 bits per heavy atom. The molecule has 0 aromatic carbocycles. The molecule has 1 N–H and O–H groups in total. The summed E-state index contributed by atoms with van der Waals surface area (Å²) < 4.78 is 0. The van der Waals surface area contributed by atoms with Crippen molar-refractivity contribution in [3.8, 4) is 0 Å². The second-order valence-corrected chi connectivity index (χ2v) is 3.67. The largest absolute Gasteiger partial charge is 0.479 e. The Morgan fingerprint density at radius 1 is 1.75 bits per heavy atom. The summed E-state index contributed by atoms with van der Waals surface area (Å²) in [5.41, 5.74) is -0.879. The summed E-state index contributed by atoms with van der Waals surface area (Å²) in [6.45, 7) is 4.27. The van der Waals surface area contributed by atoms with Gasteiger partial charge in [0, 0.05) is 0 Å². The molecule has 0 aromatic rings. The maximum absolute atomic E-state index is 10.8. The SMILES string of the molecule is CC(C)C[C@]1(C(=O)O)CN1C=O. The standard InChI is InChI=1S/C8H13NO3/c1-6(2)3-8(7(11)12)4-9(8)5-10/h5-6H,3-4H2,1-2H3,(H,11,12)/t8-,9?/m1/s1. The molecular formula is C8H13NO3. The lowest BCUT2D eigenvalue weighted by molar-refractivity contribution is -0.143. The van der Waals surface area contributed by atoms with Gasteiger partial charge in [-0.15, -0.1) is 0 Å². The number of nitrogens with zero attached hydrogens (tertiary/aromatic N) is 1. The van der Waals surface area contributed by atoms with E-state index in [0.717, 1.165) is 0 Å². The van der Waals surface area contributed by atoms with Gasteiger partial charge in [-0.05, 0) is 12.3 Å². The van der Waals surface area contributed by atoms with E-state index in [0.29, 0.717) is 25.3 Å². The van der Waals surface area contributed by atoms with Crippen LogP contribution in [0.3, 0.4) is 0 Å². The maximum Gasteiger partial charge on any atom is 0.331 e. The van der Waals surface area contributed by atoms with Crippen molar-refractivity contribution in [3.05, 3.63) is 0 Å². The van der Waals surface area contributed by atoms with Crippen molar-refractivity contribution in [2.24, 2.45) is 5.92 Å². The fraction of sp³-hybridized carbons (Fsp3) is 0.750. The van der Waals surface area contributed by atoms with Crippen LogP contribution in [-0.2, 0) is 9.59 Å². The molecule has 1 aliphatic rings. The first-order valence-electron chi connectivity index (χ1n) is 3.98. The number of hydrogen-bond donors (Lipinski definition) is 1. The summed E-state index contributed by atoms with van der Waals surface area (Å²) in [7, 11) is 0. The molecule has 0 aliphatic carbocycles. The highest BCUT2D eigenvalue weighted by molar-refractivity contribution is 5.87. The van der Waals surface area contributed by atoms with Gasteiger partial charge in [-0.25, -0.2) is 4.79 Å². The van der Waals surface area contributed by atoms with Crippen LogP contribution < -0.4 is 0 Å². The molecule has 68 valence electrons. The van der Waals surface area contributed by atoms with Gasteiger partial charge in [0.2, 0.25) is 6.41 Å². The third-order valence-corrected chi connectivity index (χ3v) is 2.15. The van der Waals surface area contributed by atoms with Gasteiger partial charge < -0.3 is 10.0 Å². The topological polar surface area (TPSA) is 57.4 Å². The van der Waals surface area contributed by atoms with Crippen molar-refractivity contribution in [3.63, 3.8) is 0 Å². The normalized spacial score (nSPS) is 27.4. The molecular weight excluding hydrogens is 158 g/mol. The van der Waals surface area contributed by atoms with Crippen LogP contribution in [0.1, 0.15) is 20.3 Å². The van der Waals surface area contributed by atoms with Crippen LogP contribution in [0.4, 0.5) is 0 Å². The highest BCUT2D eigenvalue weighted by atomic mass is 16.4. The molecule has 0 saturated carbocycles. The molecule has 1 rings (SSSR count). The summed E-state index contributed by atoms with van der Waals surface area (Å²) in [5, 5.41) is 8.85. The van der Waals surface area contributed by atoms with E-state index in [1.165, 1.54) is 4.90 Å². The minimum Gasteiger partial charge on any atom is -0.479 e. The first-order chi connectivity index (χ1) is 5.53. The Bertz CT molecular complexity index is 214. The smallest absolute Gasteiger partial charge is 0.331 e. The molecule has 1 heterocycles. The number of carboxylic acids is 1. The number of hydrogen-bond acceptors (Lipinski definition) is 2. The van der Waals surface area contributed by atoms with E-state index in [4.69, 9.17) is 5.11 Å². The van der Waals surface area contributed by atoms with E-state index in [1.807, 2.05) is 13.8 Å². The van der Waals surface area contributed by atoms with Crippen LogP contribution >= 0.6 is 0 Å². The van der Waals surface area contributed by atoms with Crippen LogP contribution in [0.2, 0.25) is 0 Å². The molecule has 1 fully saturated rings. The average Bonchev–Trinajstić information content (AvgIpc) is 2.62. The predicted octanol–water partition coefficient (Wildman–Crippen LogP) is 0.328. The number of aliphatic carboxylic acids is 1. The highest BCUT2D eigenvalue weighted by Crippen LogP contribution is 2.36. The lowest BCUT2D eigenvalue weighted by Gasteiger charge is -2.12. The maximum atomic E-state index is 10.8. The van der Waals surface area contributed by atoms with Gasteiger partial charge in [0.05, 0.1) is 6.54 Å². The van der Waals surface area contributed by atoms with E-state index in [2.05, 4.69) is 0 Å². The van der Waals surface area contributed by atoms with Gasteiger partial charge in [-0.1, -0.05) is 13.8 Å². The Hall–Kier alpha value is -1.06. The van der Waals surface area contributed by atoms with Crippen molar-refractivity contribution in [2.75, 3.05) is 6.54 Å². The number of amides is 1. The molecule has 4 nitrogen and oxygen atoms in total. The molecule has 0 unspecified atom stereocenters. The highest BCUT2D eigenvalue weighted by Gasteiger charge is 2.58. The lowest BCUT2D eigenvalue weighted by Crippen LogP contribution is -2.30. The third kappa shape index (κ3) is 1.29. The van der Waals surface area contributed by atoms with Crippen LogP contribution in [0.25, 0.3) is 0 Å².